The Morgan fingerprint density at radius 1 is 0.975 bits per heavy atom. The predicted octanol–water partition coefficient (Wildman–Crippen LogP) is 4.72. The van der Waals surface area contributed by atoms with Gasteiger partial charge in [-0.05, 0) is 48.9 Å². The van der Waals surface area contributed by atoms with Crippen LogP contribution in [0.15, 0.2) is 71.1 Å². The molecule has 2 aromatic rings. The third-order valence-corrected chi connectivity index (χ3v) is 6.61. The molecular weight excluding hydrogens is 516 g/mol. The third kappa shape index (κ3) is 7.47. The van der Waals surface area contributed by atoms with E-state index in [4.69, 9.17) is 19.3 Å². The molecule has 1 aliphatic heterocycles. The predicted molar refractivity (Wildman–Crippen MR) is 149 cm³/mol. The number of non-ortho nitro benzene ring substituents is 1. The van der Waals surface area contributed by atoms with E-state index in [0.29, 0.717) is 55.0 Å². The molecule has 1 heterocycles. The lowest BCUT2D eigenvalue weighted by Gasteiger charge is -2.32. The van der Waals surface area contributed by atoms with Crippen molar-refractivity contribution in [3.63, 3.8) is 0 Å². The number of ether oxygens (including phenoxy) is 3. The molecule has 2 aromatic carbocycles. The molecule has 0 saturated carbocycles. The number of nitro benzene ring substituents is 1. The first-order chi connectivity index (χ1) is 19.3. The molecule has 214 valence electrons. The van der Waals surface area contributed by atoms with Crippen molar-refractivity contribution >= 4 is 17.6 Å². The minimum Gasteiger partial charge on any atom is -0.493 e. The summed E-state index contributed by atoms with van der Waals surface area (Å²) in [5, 5.41) is 23.7. The molecule has 3 rings (SSSR count). The Balaban J connectivity index is 1.78. The van der Waals surface area contributed by atoms with Gasteiger partial charge in [-0.1, -0.05) is 38.1 Å². The van der Waals surface area contributed by atoms with Crippen molar-refractivity contribution in [2.45, 2.75) is 51.9 Å². The van der Waals surface area contributed by atoms with Crippen LogP contribution >= 0.6 is 0 Å². The summed E-state index contributed by atoms with van der Waals surface area (Å²) < 4.78 is 16.4. The SMILES string of the molecule is CCC1=C(C(=O)OC)C(c2cccc([N+](=O)[O-])c2)C(C(=O)OCCCOc2ccc(CCCO)cc2)=C(CC)N1. The molecule has 0 spiro atoms. The molecule has 10 heteroatoms. The van der Waals surface area contributed by atoms with Crippen LogP contribution in [0.3, 0.4) is 0 Å². The highest BCUT2D eigenvalue weighted by molar-refractivity contribution is 6.00. The highest BCUT2D eigenvalue weighted by Gasteiger charge is 2.39. The van der Waals surface area contributed by atoms with Gasteiger partial charge in [-0.2, -0.15) is 0 Å². The van der Waals surface area contributed by atoms with Gasteiger partial charge in [0, 0.05) is 36.6 Å². The molecule has 1 aliphatic rings. The lowest BCUT2D eigenvalue weighted by Crippen LogP contribution is -2.33. The number of esters is 2. The maximum Gasteiger partial charge on any atom is 0.336 e. The van der Waals surface area contributed by atoms with Crippen LogP contribution in [0.5, 0.6) is 5.75 Å². The Morgan fingerprint density at radius 3 is 2.25 bits per heavy atom. The minimum absolute atomic E-state index is 0.0769. The fraction of sp³-hybridized carbons (Fsp3) is 0.400. The van der Waals surface area contributed by atoms with Crippen molar-refractivity contribution in [1.82, 2.24) is 5.32 Å². The number of nitro groups is 1. The second-order valence-electron chi connectivity index (χ2n) is 9.20. The summed E-state index contributed by atoms with van der Waals surface area (Å²) in [5.41, 5.74) is 3.01. The quantitative estimate of drug-likeness (QED) is 0.148. The zero-order valence-corrected chi connectivity index (χ0v) is 23.1. The molecule has 1 unspecified atom stereocenters. The van der Waals surface area contributed by atoms with Crippen molar-refractivity contribution in [2.75, 3.05) is 26.9 Å². The van der Waals surface area contributed by atoms with E-state index in [0.717, 1.165) is 12.0 Å². The first-order valence-corrected chi connectivity index (χ1v) is 13.4. The van der Waals surface area contributed by atoms with Crippen LogP contribution in [0, 0.1) is 10.1 Å². The number of methoxy groups -OCH3 is 1. The van der Waals surface area contributed by atoms with E-state index in [-0.39, 0.29) is 30.0 Å². The van der Waals surface area contributed by atoms with Crippen LogP contribution in [0.4, 0.5) is 5.69 Å². The first kappa shape index (κ1) is 30.4. The molecule has 0 saturated heterocycles. The van der Waals surface area contributed by atoms with Crippen molar-refractivity contribution in [3.8, 4) is 5.75 Å². The Kier molecular flexibility index (Phi) is 11.3. The molecule has 0 radical (unpaired) electrons. The van der Waals surface area contributed by atoms with Crippen LogP contribution < -0.4 is 10.1 Å². The minimum atomic E-state index is -0.897. The van der Waals surface area contributed by atoms with E-state index in [1.807, 2.05) is 38.1 Å². The van der Waals surface area contributed by atoms with Gasteiger partial charge < -0.3 is 24.6 Å². The molecule has 0 bridgehead atoms. The zero-order valence-electron chi connectivity index (χ0n) is 23.1. The van der Waals surface area contributed by atoms with Crippen molar-refractivity contribution in [3.05, 3.63) is 92.3 Å². The fourth-order valence-electron chi connectivity index (χ4n) is 4.64. The number of carbonyl (C=O) groups excluding carboxylic acids is 2. The van der Waals surface area contributed by atoms with Crippen LogP contribution in [0.2, 0.25) is 0 Å². The third-order valence-electron chi connectivity index (χ3n) is 6.61. The van der Waals surface area contributed by atoms with Crippen LogP contribution in [-0.2, 0) is 25.5 Å². The molecule has 0 amide bonds. The average Bonchev–Trinajstić information content (AvgIpc) is 2.98. The highest BCUT2D eigenvalue weighted by atomic mass is 16.6. The summed E-state index contributed by atoms with van der Waals surface area (Å²) in [6.07, 6.45) is 2.84. The molecule has 0 aliphatic carbocycles. The molecule has 0 aromatic heterocycles. The van der Waals surface area contributed by atoms with Gasteiger partial charge in [0.25, 0.3) is 5.69 Å². The van der Waals surface area contributed by atoms with Gasteiger partial charge in [-0.15, -0.1) is 0 Å². The van der Waals surface area contributed by atoms with Gasteiger partial charge in [0.2, 0.25) is 0 Å². The summed E-state index contributed by atoms with van der Waals surface area (Å²) in [6.45, 7) is 4.29. The molecule has 2 N–H and O–H groups in total. The van der Waals surface area contributed by atoms with Gasteiger partial charge in [0.05, 0.1) is 42.3 Å². The number of aryl methyl sites for hydroxylation is 1. The van der Waals surface area contributed by atoms with Crippen molar-refractivity contribution < 1.29 is 33.8 Å². The van der Waals surface area contributed by atoms with E-state index in [9.17, 15) is 19.7 Å². The van der Waals surface area contributed by atoms with E-state index < -0.39 is 22.8 Å². The summed E-state index contributed by atoms with van der Waals surface area (Å²) in [6, 6.07) is 13.5. The fourth-order valence-corrected chi connectivity index (χ4v) is 4.64. The van der Waals surface area contributed by atoms with Gasteiger partial charge in [-0.3, -0.25) is 10.1 Å². The summed E-state index contributed by atoms with van der Waals surface area (Å²) in [7, 11) is 1.26. The maximum absolute atomic E-state index is 13.5. The number of dihydropyridines is 1. The van der Waals surface area contributed by atoms with Gasteiger partial charge in [0.15, 0.2) is 0 Å². The van der Waals surface area contributed by atoms with Crippen molar-refractivity contribution in [2.24, 2.45) is 0 Å². The number of aliphatic hydroxyl groups is 1. The average molecular weight is 553 g/mol. The smallest absolute Gasteiger partial charge is 0.336 e. The standard InChI is InChI=1S/C30H36N2O8/c1-4-24-27(29(34)38-3)26(21-10-6-11-22(19-21)32(36)37)28(25(5-2)31-24)30(35)40-18-8-17-39-23-14-12-20(13-15-23)9-7-16-33/h6,10-15,19,26,31,33H,4-5,7-9,16-18H2,1-3H3. The molecule has 0 fully saturated rings. The zero-order chi connectivity index (χ0) is 29.1. The van der Waals surface area contributed by atoms with Crippen LogP contribution in [-0.4, -0.2) is 48.9 Å². The lowest BCUT2D eigenvalue weighted by molar-refractivity contribution is -0.384. The second kappa shape index (κ2) is 14.8. The van der Waals surface area contributed by atoms with E-state index in [1.54, 1.807) is 6.07 Å². The molecule has 10 nitrogen and oxygen atoms in total. The number of benzene rings is 2. The van der Waals surface area contributed by atoms with Gasteiger partial charge >= 0.3 is 11.9 Å². The number of hydrogen-bond donors (Lipinski definition) is 2. The second-order valence-corrected chi connectivity index (χ2v) is 9.20. The largest absolute Gasteiger partial charge is 0.493 e. The number of carbonyl (C=O) groups is 2. The number of rotatable bonds is 14. The summed E-state index contributed by atoms with van der Waals surface area (Å²) >= 11 is 0. The van der Waals surface area contributed by atoms with Gasteiger partial charge in [-0.25, -0.2) is 9.59 Å². The Morgan fingerprint density at radius 2 is 1.65 bits per heavy atom. The molecular formula is C30H36N2O8. The number of hydrogen-bond acceptors (Lipinski definition) is 9. The van der Waals surface area contributed by atoms with Gasteiger partial charge in [0.1, 0.15) is 5.75 Å². The number of allylic oxidation sites excluding steroid dienone is 2. The molecule has 1 atom stereocenters. The number of aliphatic hydroxyl groups excluding tert-OH is 1. The topological polar surface area (TPSA) is 137 Å². The van der Waals surface area contributed by atoms with Crippen molar-refractivity contribution in [1.29, 1.82) is 0 Å². The molecule has 40 heavy (non-hydrogen) atoms. The highest BCUT2D eigenvalue weighted by Crippen LogP contribution is 2.41. The summed E-state index contributed by atoms with van der Waals surface area (Å²) in [5.74, 6) is -1.45. The maximum atomic E-state index is 13.5. The first-order valence-electron chi connectivity index (χ1n) is 13.4. The van der Waals surface area contributed by atoms with E-state index in [2.05, 4.69) is 5.32 Å². The number of nitrogens with zero attached hydrogens (tertiary/aromatic N) is 1. The van der Waals surface area contributed by atoms with E-state index in [1.165, 1.54) is 25.3 Å². The van der Waals surface area contributed by atoms with Crippen LogP contribution in [0.1, 0.15) is 56.6 Å². The van der Waals surface area contributed by atoms with E-state index >= 15 is 0 Å². The number of nitrogens with one attached hydrogen (secondary N) is 1. The van der Waals surface area contributed by atoms with Crippen LogP contribution in [0.25, 0.3) is 0 Å². The Bertz CT molecular complexity index is 1270. The Labute approximate surface area is 233 Å². The lowest BCUT2D eigenvalue weighted by atomic mass is 9.79. The summed E-state index contributed by atoms with van der Waals surface area (Å²) in [4.78, 5) is 37.4. The Hall–Kier alpha value is -4.18. The normalized spacial score (nSPS) is 14.9. The monoisotopic (exact) mass is 552 g/mol.